The SMILES string of the molecule is CCOCC(C)OC(=O)c1cc(N)cc(OC)c1. The summed E-state index contributed by atoms with van der Waals surface area (Å²) in [6, 6.07) is 4.78. The molecule has 0 bridgehead atoms. The van der Waals surface area contributed by atoms with E-state index >= 15 is 0 Å². The molecule has 0 heterocycles. The number of rotatable bonds is 6. The zero-order valence-electron chi connectivity index (χ0n) is 10.9. The number of esters is 1. The topological polar surface area (TPSA) is 70.8 Å². The number of methoxy groups -OCH3 is 1. The zero-order chi connectivity index (χ0) is 13.5. The predicted octanol–water partition coefficient (Wildman–Crippen LogP) is 1.86. The van der Waals surface area contributed by atoms with Gasteiger partial charge < -0.3 is 19.9 Å². The quantitative estimate of drug-likeness (QED) is 0.619. The van der Waals surface area contributed by atoms with E-state index in [2.05, 4.69) is 0 Å². The molecule has 0 saturated carbocycles. The number of nitrogen functional groups attached to an aromatic ring is 1. The summed E-state index contributed by atoms with van der Waals surface area (Å²) in [6.07, 6.45) is -0.301. The summed E-state index contributed by atoms with van der Waals surface area (Å²) < 4.78 is 15.4. The largest absolute Gasteiger partial charge is 0.497 e. The first-order valence-corrected chi connectivity index (χ1v) is 5.80. The summed E-state index contributed by atoms with van der Waals surface area (Å²) in [5.41, 5.74) is 6.50. The molecule has 1 unspecified atom stereocenters. The Bertz CT molecular complexity index is 406. The molecular weight excluding hydrogens is 234 g/mol. The second-order valence-corrected chi connectivity index (χ2v) is 3.87. The lowest BCUT2D eigenvalue weighted by Gasteiger charge is -2.13. The fraction of sp³-hybridized carbons (Fsp3) is 0.462. The second-order valence-electron chi connectivity index (χ2n) is 3.87. The minimum Gasteiger partial charge on any atom is -0.497 e. The molecule has 1 aromatic carbocycles. The van der Waals surface area contributed by atoms with Crippen LogP contribution in [0.5, 0.6) is 5.75 Å². The number of hydrogen-bond donors (Lipinski definition) is 1. The summed E-state index contributed by atoms with van der Waals surface area (Å²) in [5.74, 6) is 0.0900. The van der Waals surface area contributed by atoms with Gasteiger partial charge in [0.1, 0.15) is 11.9 Å². The van der Waals surface area contributed by atoms with Crippen molar-refractivity contribution in [2.45, 2.75) is 20.0 Å². The van der Waals surface area contributed by atoms with E-state index in [0.29, 0.717) is 30.2 Å². The molecule has 0 aromatic heterocycles. The fourth-order valence-electron chi connectivity index (χ4n) is 1.43. The molecule has 1 rings (SSSR count). The lowest BCUT2D eigenvalue weighted by Crippen LogP contribution is -2.20. The first-order valence-electron chi connectivity index (χ1n) is 5.80. The van der Waals surface area contributed by atoms with Crippen molar-refractivity contribution < 1.29 is 19.0 Å². The number of ether oxygens (including phenoxy) is 3. The molecule has 0 spiro atoms. The average molecular weight is 253 g/mol. The van der Waals surface area contributed by atoms with Gasteiger partial charge in [-0.15, -0.1) is 0 Å². The Hall–Kier alpha value is -1.75. The van der Waals surface area contributed by atoms with Crippen LogP contribution in [0, 0.1) is 0 Å². The van der Waals surface area contributed by atoms with Gasteiger partial charge in [0.15, 0.2) is 0 Å². The summed E-state index contributed by atoms with van der Waals surface area (Å²) in [6.45, 7) is 4.63. The molecule has 0 aliphatic carbocycles. The fourth-order valence-corrected chi connectivity index (χ4v) is 1.43. The Morgan fingerprint density at radius 1 is 1.39 bits per heavy atom. The van der Waals surface area contributed by atoms with Gasteiger partial charge in [-0.05, 0) is 26.0 Å². The highest BCUT2D eigenvalue weighted by Gasteiger charge is 2.13. The molecule has 1 atom stereocenters. The van der Waals surface area contributed by atoms with Crippen molar-refractivity contribution in [3.05, 3.63) is 23.8 Å². The van der Waals surface area contributed by atoms with Crippen LogP contribution in [0.25, 0.3) is 0 Å². The summed E-state index contributed by atoms with van der Waals surface area (Å²) in [5, 5.41) is 0. The van der Waals surface area contributed by atoms with Crippen molar-refractivity contribution in [3.63, 3.8) is 0 Å². The Kier molecular flexibility index (Phi) is 5.45. The third-order valence-electron chi connectivity index (χ3n) is 2.27. The van der Waals surface area contributed by atoms with E-state index in [-0.39, 0.29) is 6.10 Å². The van der Waals surface area contributed by atoms with Gasteiger partial charge >= 0.3 is 5.97 Å². The zero-order valence-corrected chi connectivity index (χ0v) is 10.9. The van der Waals surface area contributed by atoms with E-state index in [1.807, 2.05) is 6.92 Å². The molecule has 5 nitrogen and oxygen atoms in total. The minimum absolute atomic E-state index is 0.301. The number of anilines is 1. The highest BCUT2D eigenvalue weighted by molar-refractivity contribution is 5.91. The highest BCUT2D eigenvalue weighted by Crippen LogP contribution is 2.19. The summed E-state index contributed by atoms with van der Waals surface area (Å²) >= 11 is 0. The van der Waals surface area contributed by atoms with Gasteiger partial charge in [0.2, 0.25) is 0 Å². The molecule has 5 heteroatoms. The summed E-state index contributed by atoms with van der Waals surface area (Å²) in [4.78, 5) is 11.8. The van der Waals surface area contributed by atoms with E-state index in [4.69, 9.17) is 19.9 Å². The van der Waals surface area contributed by atoms with E-state index in [0.717, 1.165) is 0 Å². The van der Waals surface area contributed by atoms with Crippen LogP contribution >= 0.6 is 0 Å². The molecule has 2 N–H and O–H groups in total. The van der Waals surface area contributed by atoms with Crippen LogP contribution in [0.4, 0.5) is 5.69 Å². The van der Waals surface area contributed by atoms with Crippen molar-refractivity contribution >= 4 is 11.7 Å². The molecule has 0 saturated heterocycles. The van der Waals surface area contributed by atoms with Crippen molar-refractivity contribution in [2.24, 2.45) is 0 Å². The van der Waals surface area contributed by atoms with E-state index in [1.165, 1.54) is 7.11 Å². The van der Waals surface area contributed by atoms with Crippen LogP contribution in [0.2, 0.25) is 0 Å². The van der Waals surface area contributed by atoms with Crippen LogP contribution in [-0.4, -0.2) is 32.4 Å². The van der Waals surface area contributed by atoms with Gasteiger partial charge in [0.05, 0.1) is 19.3 Å². The van der Waals surface area contributed by atoms with Crippen molar-refractivity contribution in [1.82, 2.24) is 0 Å². The normalized spacial score (nSPS) is 11.9. The average Bonchev–Trinajstić information content (AvgIpc) is 2.35. The maximum absolute atomic E-state index is 11.8. The van der Waals surface area contributed by atoms with Crippen LogP contribution in [0.15, 0.2) is 18.2 Å². The van der Waals surface area contributed by atoms with Crippen LogP contribution in [0.1, 0.15) is 24.2 Å². The molecule has 1 aromatic rings. The van der Waals surface area contributed by atoms with Crippen molar-refractivity contribution in [1.29, 1.82) is 0 Å². The molecule has 0 radical (unpaired) electrons. The Morgan fingerprint density at radius 3 is 2.72 bits per heavy atom. The van der Waals surface area contributed by atoms with Crippen LogP contribution in [0.3, 0.4) is 0 Å². The molecule has 0 aliphatic heterocycles. The molecule has 18 heavy (non-hydrogen) atoms. The van der Waals surface area contributed by atoms with Gasteiger partial charge in [-0.3, -0.25) is 0 Å². The lowest BCUT2D eigenvalue weighted by molar-refractivity contribution is 0.00437. The second kappa shape index (κ2) is 6.86. The van der Waals surface area contributed by atoms with Crippen molar-refractivity contribution in [2.75, 3.05) is 26.1 Å². The van der Waals surface area contributed by atoms with Crippen molar-refractivity contribution in [3.8, 4) is 5.75 Å². The van der Waals surface area contributed by atoms with Gasteiger partial charge in [0, 0.05) is 18.4 Å². The molecular formula is C13H19NO4. The van der Waals surface area contributed by atoms with Gasteiger partial charge in [-0.1, -0.05) is 0 Å². The van der Waals surface area contributed by atoms with Gasteiger partial charge in [-0.25, -0.2) is 4.79 Å². The number of hydrogen-bond acceptors (Lipinski definition) is 5. The Balaban J connectivity index is 2.68. The molecule has 100 valence electrons. The third-order valence-corrected chi connectivity index (χ3v) is 2.27. The monoisotopic (exact) mass is 253 g/mol. The van der Waals surface area contributed by atoms with Crippen LogP contribution < -0.4 is 10.5 Å². The smallest absolute Gasteiger partial charge is 0.338 e. The molecule has 0 amide bonds. The standard InChI is InChI=1S/C13H19NO4/c1-4-17-8-9(2)18-13(15)10-5-11(14)7-12(6-10)16-3/h5-7,9H,4,8,14H2,1-3H3. The Labute approximate surface area is 107 Å². The first kappa shape index (κ1) is 14.3. The van der Waals surface area contributed by atoms with E-state index < -0.39 is 5.97 Å². The van der Waals surface area contributed by atoms with E-state index in [1.54, 1.807) is 25.1 Å². The number of carbonyl (C=O) groups is 1. The number of nitrogens with two attached hydrogens (primary N) is 1. The lowest BCUT2D eigenvalue weighted by atomic mass is 10.2. The van der Waals surface area contributed by atoms with Gasteiger partial charge in [-0.2, -0.15) is 0 Å². The molecule has 0 aliphatic rings. The summed E-state index contributed by atoms with van der Waals surface area (Å²) in [7, 11) is 1.52. The van der Waals surface area contributed by atoms with E-state index in [9.17, 15) is 4.79 Å². The van der Waals surface area contributed by atoms with Gasteiger partial charge in [0.25, 0.3) is 0 Å². The van der Waals surface area contributed by atoms with Crippen LogP contribution in [-0.2, 0) is 9.47 Å². The predicted molar refractivity (Wildman–Crippen MR) is 68.8 cm³/mol. The highest BCUT2D eigenvalue weighted by atomic mass is 16.6. The first-order chi connectivity index (χ1) is 8.56. The number of benzene rings is 1. The minimum atomic E-state index is -0.437. The number of carbonyl (C=O) groups excluding carboxylic acids is 1. The maximum Gasteiger partial charge on any atom is 0.338 e. The Morgan fingerprint density at radius 2 is 2.11 bits per heavy atom. The third kappa shape index (κ3) is 4.25. The maximum atomic E-state index is 11.8. The molecule has 0 fully saturated rings.